The van der Waals surface area contributed by atoms with E-state index in [1.54, 1.807) is 0 Å². The molecule has 0 radical (unpaired) electrons. The molecule has 0 aromatic rings. The molecule has 0 aromatic carbocycles. The summed E-state index contributed by atoms with van der Waals surface area (Å²) in [6.07, 6.45) is 68.1. The molecule has 0 spiro atoms. The molecule has 3 unspecified atom stereocenters. The molecule has 0 bridgehead atoms. The highest BCUT2D eigenvalue weighted by Crippen LogP contribution is 2.45. The number of hydrogen-bond donors (Lipinski definition) is 3. The van der Waals surface area contributed by atoms with Gasteiger partial charge in [-0.05, 0) is 37.5 Å². The van der Waals surface area contributed by atoms with E-state index in [-0.39, 0.29) is 25.7 Å². The molecular formula is C85H166O17P2. The molecule has 618 valence electrons. The Morgan fingerprint density at radius 3 is 0.731 bits per heavy atom. The number of phosphoric acid groups is 2. The highest BCUT2D eigenvalue weighted by Gasteiger charge is 2.30. The zero-order valence-corrected chi connectivity index (χ0v) is 70.1. The van der Waals surface area contributed by atoms with Gasteiger partial charge in [0.2, 0.25) is 0 Å². The maximum absolute atomic E-state index is 13.1. The average Bonchev–Trinajstić information content (AvgIpc) is 0.903. The van der Waals surface area contributed by atoms with Crippen LogP contribution in [0.3, 0.4) is 0 Å². The first kappa shape index (κ1) is 102. The second-order valence-corrected chi connectivity index (χ2v) is 34.2. The van der Waals surface area contributed by atoms with Crippen molar-refractivity contribution in [3.63, 3.8) is 0 Å². The van der Waals surface area contributed by atoms with Gasteiger partial charge in [0.15, 0.2) is 12.2 Å². The number of phosphoric ester groups is 2. The molecule has 17 nitrogen and oxygen atoms in total. The molecule has 0 aliphatic rings. The summed E-state index contributed by atoms with van der Waals surface area (Å²) in [5, 5.41) is 10.7. The number of carbonyl (C=O) groups is 4. The van der Waals surface area contributed by atoms with E-state index in [9.17, 15) is 43.2 Å². The summed E-state index contributed by atoms with van der Waals surface area (Å²) in [6.45, 7) is 9.70. The lowest BCUT2D eigenvalue weighted by molar-refractivity contribution is -0.161. The lowest BCUT2D eigenvalue weighted by Gasteiger charge is -2.21. The fourth-order valence-electron chi connectivity index (χ4n) is 13.2. The Morgan fingerprint density at radius 2 is 0.490 bits per heavy atom. The summed E-state index contributed by atoms with van der Waals surface area (Å²) < 4.78 is 68.8. The van der Waals surface area contributed by atoms with Crippen molar-refractivity contribution in [2.45, 2.75) is 471 Å². The standard InChI is InChI=1S/C85H166O17P2/c1-7-10-12-14-16-18-20-21-22-23-24-28-31-34-38-44-50-56-62-68-83(88)96-73-80(101-84(89)69-63-57-51-45-39-35-32-29-26-25-27-30-33-37-42-48-54-60-66-78(6)9-3)75-99-103(91,92)97-71-79(86)72-98-104(93,94)100-76-81(74-95-82(87)67-61-55-49-43-36-19-17-15-13-11-8-2)102-85(90)70-64-58-52-46-40-41-47-53-59-65-77(4)5/h77-81,86H,7-76H2,1-6H3,(H,91,92)(H,93,94)/t78?,79-,80-,81-/m1/s1. The van der Waals surface area contributed by atoms with Crippen LogP contribution in [0.25, 0.3) is 0 Å². The molecule has 0 aromatic heterocycles. The molecule has 0 heterocycles. The molecule has 0 saturated heterocycles. The highest BCUT2D eigenvalue weighted by atomic mass is 31.2. The molecular weight excluding hydrogens is 1350 g/mol. The van der Waals surface area contributed by atoms with E-state index in [1.807, 2.05) is 0 Å². The first-order chi connectivity index (χ1) is 50.4. The van der Waals surface area contributed by atoms with Crippen LogP contribution in [0.2, 0.25) is 0 Å². The number of ether oxygens (including phenoxy) is 4. The topological polar surface area (TPSA) is 237 Å². The Bertz CT molecular complexity index is 2000. The van der Waals surface area contributed by atoms with Gasteiger partial charge in [0, 0.05) is 25.7 Å². The largest absolute Gasteiger partial charge is 0.472 e. The van der Waals surface area contributed by atoms with E-state index in [0.717, 1.165) is 102 Å². The van der Waals surface area contributed by atoms with Crippen molar-refractivity contribution in [2.24, 2.45) is 11.8 Å². The van der Waals surface area contributed by atoms with Crippen LogP contribution in [-0.4, -0.2) is 96.7 Å². The minimum Gasteiger partial charge on any atom is -0.462 e. The summed E-state index contributed by atoms with van der Waals surface area (Å²) in [4.78, 5) is 73.1. The lowest BCUT2D eigenvalue weighted by atomic mass is 9.99. The highest BCUT2D eigenvalue weighted by molar-refractivity contribution is 7.47. The van der Waals surface area contributed by atoms with Crippen LogP contribution in [0.4, 0.5) is 0 Å². The monoisotopic (exact) mass is 1520 g/mol. The number of aliphatic hydroxyl groups excluding tert-OH is 1. The average molecular weight is 1520 g/mol. The predicted molar refractivity (Wildman–Crippen MR) is 428 cm³/mol. The molecule has 0 amide bonds. The second kappa shape index (κ2) is 76.4. The fourth-order valence-corrected chi connectivity index (χ4v) is 14.8. The summed E-state index contributed by atoms with van der Waals surface area (Å²) in [5.41, 5.74) is 0. The zero-order valence-electron chi connectivity index (χ0n) is 68.3. The first-order valence-electron chi connectivity index (χ1n) is 44.0. The van der Waals surface area contributed by atoms with Crippen LogP contribution < -0.4 is 0 Å². The van der Waals surface area contributed by atoms with Crippen molar-refractivity contribution in [1.29, 1.82) is 0 Å². The molecule has 3 N–H and O–H groups in total. The number of rotatable bonds is 84. The number of aliphatic hydroxyl groups is 1. The van der Waals surface area contributed by atoms with Gasteiger partial charge in [0.25, 0.3) is 0 Å². The Kier molecular flexibility index (Phi) is 75.0. The Balaban J connectivity index is 5.21. The lowest BCUT2D eigenvalue weighted by Crippen LogP contribution is -2.30. The second-order valence-electron chi connectivity index (χ2n) is 31.3. The van der Waals surface area contributed by atoms with Crippen LogP contribution >= 0.6 is 15.6 Å². The maximum Gasteiger partial charge on any atom is 0.472 e. The van der Waals surface area contributed by atoms with Crippen LogP contribution in [-0.2, 0) is 65.4 Å². The number of carbonyl (C=O) groups excluding carboxylic acids is 4. The molecule has 6 atom stereocenters. The Hall–Kier alpha value is -1.94. The van der Waals surface area contributed by atoms with Gasteiger partial charge in [0.05, 0.1) is 26.4 Å². The van der Waals surface area contributed by atoms with Crippen molar-refractivity contribution < 1.29 is 80.2 Å². The molecule has 0 fully saturated rings. The van der Waals surface area contributed by atoms with E-state index in [2.05, 4.69) is 41.5 Å². The zero-order chi connectivity index (χ0) is 76.4. The van der Waals surface area contributed by atoms with Gasteiger partial charge in [-0.3, -0.25) is 37.3 Å². The number of hydrogen-bond acceptors (Lipinski definition) is 15. The van der Waals surface area contributed by atoms with Gasteiger partial charge < -0.3 is 33.8 Å². The molecule has 0 rings (SSSR count). The maximum atomic E-state index is 13.1. The van der Waals surface area contributed by atoms with Crippen LogP contribution in [0.5, 0.6) is 0 Å². The predicted octanol–water partition coefficient (Wildman–Crippen LogP) is 25.8. The number of esters is 4. The van der Waals surface area contributed by atoms with Crippen molar-refractivity contribution in [3.8, 4) is 0 Å². The fraction of sp³-hybridized carbons (Fsp3) is 0.953. The molecule has 0 aliphatic carbocycles. The first-order valence-corrected chi connectivity index (χ1v) is 47.0. The van der Waals surface area contributed by atoms with Crippen LogP contribution in [0.15, 0.2) is 0 Å². The van der Waals surface area contributed by atoms with Gasteiger partial charge >= 0.3 is 39.5 Å². The quantitative estimate of drug-likeness (QED) is 0.0222. The van der Waals surface area contributed by atoms with E-state index < -0.39 is 97.5 Å². The van der Waals surface area contributed by atoms with Gasteiger partial charge in [0.1, 0.15) is 19.3 Å². The Morgan fingerprint density at radius 1 is 0.279 bits per heavy atom. The summed E-state index contributed by atoms with van der Waals surface area (Å²) in [5.74, 6) is -0.497. The minimum atomic E-state index is -4.97. The smallest absolute Gasteiger partial charge is 0.462 e. The van der Waals surface area contributed by atoms with Crippen molar-refractivity contribution >= 4 is 39.5 Å². The summed E-state index contributed by atoms with van der Waals surface area (Å²) >= 11 is 0. The SMILES string of the molecule is CCCCCCCCCCCCCCCCCCCCCC(=O)OC[C@H](COP(=O)(O)OC[C@@H](O)COP(=O)(O)OC[C@@H](COC(=O)CCCCCCCCCCCCC)OC(=O)CCCCCCCCCCCC(C)C)OC(=O)CCCCCCCCCCCCCCCCCCCCC(C)CC. The molecule has 19 heteroatoms. The van der Waals surface area contributed by atoms with Gasteiger partial charge in [-0.2, -0.15) is 0 Å². The van der Waals surface area contributed by atoms with Crippen LogP contribution in [0.1, 0.15) is 452 Å². The van der Waals surface area contributed by atoms with Gasteiger partial charge in [-0.25, -0.2) is 9.13 Å². The third-order valence-electron chi connectivity index (χ3n) is 20.3. The van der Waals surface area contributed by atoms with Crippen molar-refractivity contribution in [2.75, 3.05) is 39.6 Å². The van der Waals surface area contributed by atoms with Crippen molar-refractivity contribution in [1.82, 2.24) is 0 Å². The molecule has 0 saturated carbocycles. The number of unbranched alkanes of at least 4 members (excludes halogenated alkanes) is 53. The minimum absolute atomic E-state index is 0.106. The van der Waals surface area contributed by atoms with Gasteiger partial charge in [-0.1, -0.05) is 401 Å². The van der Waals surface area contributed by atoms with E-state index >= 15 is 0 Å². The summed E-state index contributed by atoms with van der Waals surface area (Å²) in [7, 11) is -9.92. The summed E-state index contributed by atoms with van der Waals surface area (Å²) in [6, 6.07) is 0. The van der Waals surface area contributed by atoms with Crippen LogP contribution in [0, 0.1) is 11.8 Å². The van der Waals surface area contributed by atoms with Gasteiger partial charge in [-0.15, -0.1) is 0 Å². The van der Waals surface area contributed by atoms with Crippen molar-refractivity contribution in [3.05, 3.63) is 0 Å². The molecule has 0 aliphatic heterocycles. The van der Waals surface area contributed by atoms with E-state index in [1.165, 1.54) is 270 Å². The van der Waals surface area contributed by atoms with E-state index in [4.69, 9.17) is 37.0 Å². The normalized spacial score (nSPS) is 14.1. The Labute approximate surface area is 638 Å². The third kappa shape index (κ3) is 76.8. The molecule has 104 heavy (non-hydrogen) atoms. The van der Waals surface area contributed by atoms with E-state index in [0.29, 0.717) is 25.7 Å². The third-order valence-corrected chi connectivity index (χ3v) is 22.2.